The lowest BCUT2D eigenvalue weighted by Crippen LogP contribution is -2.54. The van der Waals surface area contributed by atoms with Crippen LogP contribution in [-0.4, -0.2) is 58.0 Å². The number of amides is 3. The summed E-state index contributed by atoms with van der Waals surface area (Å²) in [6, 6.07) is -0.612. The third-order valence-electron chi connectivity index (χ3n) is 6.22. The van der Waals surface area contributed by atoms with Crippen LogP contribution in [-0.2, 0) is 14.3 Å². The van der Waals surface area contributed by atoms with E-state index in [1.807, 2.05) is 6.92 Å². The molecule has 0 radical (unpaired) electrons. The van der Waals surface area contributed by atoms with Crippen molar-refractivity contribution in [3.8, 4) is 0 Å². The standard InChI is InChI=1S/C21H27N3O6/c1-11-7-5-6-8-21(11)19(28)24(20(29)23-21)9-16(27)30-10-15(26)18-12(2)17(14(4)25)13(3)22-18/h11,22H,5-10H2,1-4H3,(H,23,29)/t11-,21-/m0/s1. The van der Waals surface area contributed by atoms with E-state index < -0.39 is 42.4 Å². The van der Waals surface area contributed by atoms with Crippen LogP contribution in [0.3, 0.4) is 0 Å². The molecule has 0 aromatic carbocycles. The zero-order valence-corrected chi connectivity index (χ0v) is 17.7. The van der Waals surface area contributed by atoms with E-state index in [9.17, 15) is 24.0 Å². The van der Waals surface area contributed by atoms with Gasteiger partial charge in [0.05, 0.1) is 5.69 Å². The fraction of sp³-hybridized carbons (Fsp3) is 0.571. The third kappa shape index (κ3) is 3.64. The zero-order valence-electron chi connectivity index (χ0n) is 17.7. The van der Waals surface area contributed by atoms with E-state index in [0.29, 0.717) is 23.2 Å². The summed E-state index contributed by atoms with van der Waals surface area (Å²) >= 11 is 0. The Morgan fingerprint density at radius 3 is 2.50 bits per heavy atom. The Bertz CT molecular complexity index is 933. The van der Waals surface area contributed by atoms with Crippen molar-refractivity contribution in [2.45, 2.75) is 58.9 Å². The van der Waals surface area contributed by atoms with E-state index in [0.717, 1.165) is 24.2 Å². The number of ketones is 2. The summed E-state index contributed by atoms with van der Waals surface area (Å²) in [5.41, 5.74) is 0.767. The SMILES string of the molecule is CC(=O)c1c(C)[nH]c(C(=O)COC(=O)CN2C(=O)N[C@]3(CCCC[C@@H]3C)C2=O)c1C. The molecule has 1 saturated heterocycles. The second-order valence-corrected chi connectivity index (χ2v) is 8.20. The van der Waals surface area contributed by atoms with E-state index in [1.54, 1.807) is 13.8 Å². The first-order valence-electron chi connectivity index (χ1n) is 10.1. The first-order chi connectivity index (χ1) is 14.1. The Morgan fingerprint density at radius 1 is 1.20 bits per heavy atom. The average molecular weight is 417 g/mol. The van der Waals surface area contributed by atoms with Crippen LogP contribution in [0.1, 0.15) is 71.6 Å². The molecule has 0 bridgehead atoms. The molecule has 2 fully saturated rings. The number of nitrogens with zero attached hydrogens (tertiary/aromatic N) is 1. The minimum Gasteiger partial charge on any atom is -0.456 e. The van der Waals surface area contributed by atoms with Gasteiger partial charge in [-0.3, -0.25) is 24.1 Å². The molecule has 2 aliphatic rings. The lowest BCUT2D eigenvalue weighted by molar-refractivity contribution is -0.147. The van der Waals surface area contributed by atoms with Crippen molar-refractivity contribution in [3.63, 3.8) is 0 Å². The molecule has 2 N–H and O–H groups in total. The molecule has 9 heteroatoms. The van der Waals surface area contributed by atoms with Crippen molar-refractivity contribution in [3.05, 3.63) is 22.5 Å². The quantitative estimate of drug-likeness (QED) is 0.415. The molecule has 2 atom stereocenters. The van der Waals surface area contributed by atoms with Gasteiger partial charge in [0.1, 0.15) is 12.1 Å². The molecule has 1 saturated carbocycles. The highest BCUT2D eigenvalue weighted by atomic mass is 16.5. The van der Waals surface area contributed by atoms with Gasteiger partial charge in [0.2, 0.25) is 5.78 Å². The number of imide groups is 1. The molecule has 2 heterocycles. The molecular weight excluding hydrogens is 390 g/mol. The second kappa shape index (κ2) is 8.04. The first kappa shape index (κ1) is 21.7. The maximum atomic E-state index is 12.9. The maximum Gasteiger partial charge on any atom is 0.326 e. The fourth-order valence-corrected chi connectivity index (χ4v) is 4.59. The van der Waals surface area contributed by atoms with E-state index in [4.69, 9.17) is 4.74 Å². The van der Waals surface area contributed by atoms with Gasteiger partial charge in [-0.25, -0.2) is 4.79 Å². The summed E-state index contributed by atoms with van der Waals surface area (Å²) < 4.78 is 5.02. The molecule has 0 unspecified atom stereocenters. The molecular formula is C21H27N3O6. The molecule has 30 heavy (non-hydrogen) atoms. The Balaban J connectivity index is 1.62. The Hall–Kier alpha value is -2.97. The Labute approximate surface area is 174 Å². The highest BCUT2D eigenvalue weighted by Gasteiger charge is 2.55. The third-order valence-corrected chi connectivity index (χ3v) is 6.22. The fourth-order valence-electron chi connectivity index (χ4n) is 4.59. The largest absolute Gasteiger partial charge is 0.456 e. The van der Waals surface area contributed by atoms with E-state index >= 15 is 0 Å². The van der Waals surface area contributed by atoms with E-state index in [-0.39, 0.29) is 17.4 Å². The van der Waals surface area contributed by atoms with E-state index in [1.165, 1.54) is 6.92 Å². The molecule has 3 amide bonds. The number of aromatic nitrogens is 1. The predicted octanol–water partition coefficient (Wildman–Crippen LogP) is 2.06. The van der Waals surface area contributed by atoms with Crippen LogP contribution in [0.2, 0.25) is 0 Å². The molecule has 1 aliphatic heterocycles. The normalized spacial score (nSPS) is 23.6. The van der Waals surface area contributed by atoms with E-state index in [2.05, 4.69) is 10.3 Å². The number of carbonyl (C=O) groups excluding carboxylic acids is 5. The Kier molecular flexibility index (Phi) is 5.83. The highest BCUT2D eigenvalue weighted by Crippen LogP contribution is 2.38. The molecule has 1 aromatic rings. The summed E-state index contributed by atoms with van der Waals surface area (Å²) in [5.74, 6) is -1.93. The monoisotopic (exact) mass is 417 g/mol. The lowest BCUT2D eigenvalue weighted by atomic mass is 9.73. The maximum absolute atomic E-state index is 12.9. The van der Waals surface area contributed by atoms with Gasteiger partial charge in [-0.15, -0.1) is 0 Å². The van der Waals surface area contributed by atoms with Gasteiger partial charge in [-0.05, 0) is 45.1 Å². The molecule has 1 aliphatic carbocycles. The van der Waals surface area contributed by atoms with Crippen molar-refractivity contribution in [1.82, 2.24) is 15.2 Å². The van der Waals surface area contributed by atoms with Crippen LogP contribution < -0.4 is 5.32 Å². The van der Waals surface area contributed by atoms with Gasteiger partial charge >= 0.3 is 12.0 Å². The number of H-pyrrole nitrogens is 1. The summed E-state index contributed by atoms with van der Waals surface area (Å²) in [6.45, 7) is 5.57. The Morgan fingerprint density at radius 2 is 1.90 bits per heavy atom. The number of esters is 1. The smallest absolute Gasteiger partial charge is 0.326 e. The van der Waals surface area contributed by atoms with Crippen LogP contribution in [0.5, 0.6) is 0 Å². The van der Waals surface area contributed by atoms with Crippen molar-refractivity contribution >= 4 is 29.5 Å². The summed E-state index contributed by atoms with van der Waals surface area (Å²) in [4.78, 5) is 65.3. The number of carbonyl (C=O) groups is 5. The molecule has 1 spiro atoms. The van der Waals surface area contributed by atoms with Gasteiger partial charge in [0, 0.05) is 11.3 Å². The van der Waals surface area contributed by atoms with Crippen molar-refractivity contribution in [2.75, 3.05) is 13.2 Å². The van der Waals surface area contributed by atoms with Gasteiger partial charge in [0.25, 0.3) is 5.91 Å². The van der Waals surface area contributed by atoms with Crippen molar-refractivity contribution in [1.29, 1.82) is 0 Å². The van der Waals surface area contributed by atoms with Gasteiger partial charge in [-0.2, -0.15) is 0 Å². The lowest BCUT2D eigenvalue weighted by Gasteiger charge is -2.36. The number of aromatic amines is 1. The minimum atomic E-state index is -0.951. The molecule has 1 aromatic heterocycles. The highest BCUT2D eigenvalue weighted by molar-refractivity contribution is 6.09. The number of hydrogen-bond acceptors (Lipinski definition) is 6. The number of aryl methyl sites for hydroxylation is 1. The minimum absolute atomic E-state index is 0.0140. The average Bonchev–Trinajstić information content (AvgIpc) is 3.10. The topological polar surface area (TPSA) is 126 Å². The van der Waals surface area contributed by atoms with Crippen LogP contribution in [0, 0.1) is 19.8 Å². The van der Waals surface area contributed by atoms with Gasteiger partial charge in [-0.1, -0.05) is 19.8 Å². The molecule has 9 nitrogen and oxygen atoms in total. The van der Waals surface area contributed by atoms with Crippen molar-refractivity contribution in [2.24, 2.45) is 5.92 Å². The van der Waals surface area contributed by atoms with Crippen LogP contribution in [0.4, 0.5) is 4.79 Å². The number of urea groups is 1. The summed E-state index contributed by atoms with van der Waals surface area (Å²) in [7, 11) is 0. The predicted molar refractivity (Wildman–Crippen MR) is 106 cm³/mol. The number of Topliss-reactive ketones (excluding diaryl/α,β-unsaturated/α-hetero) is 2. The molecule has 3 rings (SSSR count). The number of nitrogens with one attached hydrogen (secondary N) is 2. The number of rotatable bonds is 6. The number of ether oxygens (including phenoxy) is 1. The van der Waals surface area contributed by atoms with Crippen molar-refractivity contribution < 1.29 is 28.7 Å². The number of hydrogen-bond donors (Lipinski definition) is 2. The summed E-state index contributed by atoms with van der Waals surface area (Å²) in [5, 5.41) is 2.77. The van der Waals surface area contributed by atoms with Crippen LogP contribution in [0.25, 0.3) is 0 Å². The zero-order chi connectivity index (χ0) is 22.2. The van der Waals surface area contributed by atoms with Gasteiger partial charge < -0.3 is 15.0 Å². The second-order valence-electron chi connectivity index (χ2n) is 8.20. The van der Waals surface area contributed by atoms with Crippen LogP contribution in [0.15, 0.2) is 0 Å². The molecule has 162 valence electrons. The van der Waals surface area contributed by atoms with Crippen LogP contribution >= 0.6 is 0 Å². The summed E-state index contributed by atoms with van der Waals surface area (Å²) in [6.07, 6.45) is 3.21. The van der Waals surface area contributed by atoms with Gasteiger partial charge in [0.15, 0.2) is 12.4 Å². The first-order valence-corrected chi connectivity index (χ1v) is 10.1.